The molecule has 3 heteroatoms. The number of benzene rings is 2. The van der Waals surface area contributed by atoms with Gasteiger partial charge in [-0.3, -0.25) is 0 Å². The van der Waals surface area contributed by atoms with Crippen LogP contribution in [-0.2, 0) is 0 Å². The minimum absolute atomic E-state index is 0.518. The highest BCUT2D eigenvalue weighted by molar-refractivity contribution is 5.62. The number of aliphatic hydroxyl groups excluding tert-OH is 1. The minimum Gasteiger partial charge on any atom is -0.389 e. The SMILES string of the molecule is C[C@@H](O)c1ccccc1-n1cc(-c2ccccc2)cn1. The molecule has 0 aliphatic carbocycles. The Morgan fingerprint density at radius 1 is 0.950 bits per heavy atom. The molecule has 0 unspecified atom stereocenters. The first-order valence-corrected chi connectivity index (χ1v) is 6.63. The zero-order valence-electron chi connectivity index (χ0n) is 11.3. The van der Waals surface area contributed by atoms with E-state index in [2.05, 4.69) is 17.2 Å². The molecule has 1 heterocycles. The van der Waals surface area contributed by atoms with Crippen LogP contribution >= 0.6 is 0 Å². The molecule has 100 valence electrons. The van der Waals surface area contributed by atoms with Gasteiger partial charge in [0.1, 0.15) is 0 Å². The Kier molecular flexibility index (Phi) is 3.35. The summed E-state index contributed by atoms with van der Waals surface area (Å²) >= 11 is 0. The highest BCUT2D eigenvalue weighted by Gasteiger charge is 2.10. The summed E-state index contributed by atoms with van der Waals surface area (Å²) in [4.78, 5) is 0. The van der Waals surface area contributed by atoms with Gasteiger partial charge < -0.3 is 5.11 Å². The first-order valence-electron chi connectivity index (χ1n) is 6.63. The molecule has 0 aliphatic heterocycles. The fourth-order valence-corrected chi connectivity index (χ4v) is 2.28. The second-order valence-electron chi connectivity index (χ2n) is 4.77. The highest BCUT2D eigenvalue weighted by Crippen LogP contribution is 2.24. The Balaban J connectivity index is 2.03. The van der Waals surface area contributed by atoms with Gasteiger partial charge in [0.2, 0.25) is 0 Å². The van der Waals surface area contributed by atoms with E-state index in [1.807, 2.05) is 59.5 Å². The number of hydrogen-bond donors (Lipinski definition) is 1. The second-order valence-corrected chi connectivity index (χ2v) is 4.77. The van der Waals surface area contributed by atoms with Crippen LogP contribution in [0.15, 0.2) is 67.0 Å². The van der Waals surface area contributed by atoms with Gasteiger partial charge in [0.25, 0.3) is 0 Å². The number of hydrogen-bond acceptors (Lipinski definition) is 2. The summed E-state index contributed by atoms with van der Waals surface area (Å²) < 4.78 is 1.81. The fraction of sp³-hybridized carbons (Fsp3) is 0.118. The molecule has 0 aliphatic rings. The molecular weight excluding hydrogens is 248 g/mol. The molecule has 1 atom stereocenters. The van der Waals surface area contributed by atoms with Crippen molar-refractivity contribution in [1.29, 1.82) is 0 Å². The number of nitrogens with zero attached hydrogens (tertiary/aromatic N) is 2. The molecule has 2 aromatic carbocycles. The van der Waals surface area contributed by atoms with Crippen LogP contribution in [0.5, 0.6) is 0 Å². The lowest BCUT2D eigenvalue weighted by atomic mass is 10.1. The molecule has 0 radical (unpaired) electrons. The molecule has 0 saturated carbocycles. The Labute approximate surface area is 118 Å². The predicted molar refractivity (Wildman–Crippen MR) is 79.6 cm³/mol. The zero-order valence-corrected chi connectivity index (χ0v) is 11.3. The van der Waals surface area contributed by atoms with Gasteiger partial charge in [-0.2, -0.15) is 5.10 Å². The quantitative estimate of drug-likeness (QED) is 0.785. The first kappa shape index (κ1) is 12.6. The second kappa shape index (κ2) is 5.31. The van der Waals surface area contributed by atoms with Crippen molar-refractivity contribution in [2.75, 3.05) is 0 Å². The fourth-order valence-electron chi connectivity index (χ4n) is 2.28. The number of aliphatic hydroxyl groups is 1. The maximum absolute atomic E-state index is 9.85. The standard InChI is InChI=1S/C17H16N2O/c1-13(20)16-9-5-6-10-17(16)19-12-15(11-18-19)14-7-3-2-4-8-14/h2-13,20H,1H3/t13-/m1/s1. The van der Waals surface area contributed by atoms with Gasteiger partial charge in [-0.15, -0.1) is 0 Å². The van der Waals surface area contributed by atoms with Gasteiger partial charge >= 0.3 is 0 Å². The van der Waals surface area contributed by atoms with Crippen LogP contribution in [0.25, 0.3) is 16.8 Å². The van der Waals surface area contributed by atoms with E-state index in [4.69, 9.17) is 0 Å². The van der Waals surface area contributed by atoms with E-state index < -0.39 is 6.10 Å². The lowest BCUT2D eigenvalue weighted by Crippen LogP contribution is -2.02. The van der Waals surface area contributed by atoms with E-state index in [1.165, 1.54) is 0 Å². The van der Waals surface area contributed by atoms with Crippen molar-refractivity contribution >= 4 is 0 Å². The Morgan fingerprint density at radius 2 is 1.65 bits per heavy atom. The highest BCUT2D eigenvalue weighted by atomic mass is 16.3. The van der Waals surface area contributed by atoms with Crippen LogP contribution in [0.3, 0.4) is 0 Å². The predicted octanol–water partition coefficient (Wildman–Crippen LogP) is 3.59. The molecule has 1 aromatic heterocycles. The monoisotopic (exact) mass is 264 g/mol. The molecule has 1 N–H and O–H groups in total. The summed E-state index contributed by atoms with van der Waals surface area (Å²) in [6, 6.07) is 17.9. The Hall–Kier alpha value is -2.39. The van der Waals surface area contributed by atoms with E-state index in [0.717, 1.165) is 22.4 Å². The number of aromatic nitrogens is 2. The van der Waals surface area contributed by atoms with Crippen LogP contribution in [0.4, 0.5) is 0 Å². The van der Waals surface area contributed by atoms with Gasteiger partial charge in [-0.1, -0.05) is 48.5 Å². The maximum atomic E-state index is 9.85. The zero-order chi connectivity index (χ0) is 13.9. The van der Waals surface area contributed by atoms with E-state index >= 15 is 0 Å². The van der Waals surface area contributed by atoms with Gasteiger partial charge in [0.15, 0.2) is 0 Å². The summed E-state index contributed by atoms with van der Waals surface area (Å²) in [5.74, 6) is 0. The van der Waals surface area contributed by atoms with Crippen molar-refractivity contribution in [2.24, 2.45) is 0 Å². The van der Waals surface area contributed by atoms with E-state index in [9.17, 15) is 5.11 Å². The molecule has 3 aromatic rings. The minimum atomic E-state index is -0.518. The smallest absolute Gasteiger partial charge is 0.0782 e. The van der Waals surface area contributed by atoms with Crippen molar-refractivity contribution in [3.63, 3.8) is 0 Å². The summed E-state index contributed by atoms with van der Waals surface area (Å²) in [5, 5.41) is 14.3. The lowest BCUT2D eigenvalue weighted by Gasteiger charge is -2.11. The van der Waals surface area contributed by atoms with Crippen molar-refractivity contribution < 1.29 is 5.11 Å². The first-order chi connectivity index (χ1) is 9.75. The van der Waals surface area contributed by atoms with Gasteiger partial charge in [-0.05, 0) is 18.6 Å². The van der Waals surface area contributed by atoms with Gasteiger partial charge in [-0.25, -0.2) is 4.68 Å². The van der Waals surface area contributed by atoms with E-state index in [-0.39, 0.29) is 0 Å². The molecule has 3 nitrogen and oxygen atoms in total. The van der Waals surface area contributed by atoms with Crippen molar-refractivity contribution in [2.45, 2.75) is 13.0 Å². The van der Waals surface area contributed by atoms with E-state index in [0.29, 0.717) is 0 Å². The average molecular weight is 264 g/mol. The summed E-state index contributed by atoms with van der Waals surface area (Å²) in [7, 11) is 0. The molecule has 0 saturated heterocycles. The largest absolute Gasteiger partial charge is 0.389 e. The molecule has 3 rings (SSSR count). The van der Waals surface area contributed by atoms with Crippen LogP contribution in [0.2, 0.25) is 0 Å². The number of rotatable bonds is 3. The van der Waals surface area contributed by atoms with Gasteiger partial charge in [0, 0.05) is 17.3 Å². The maximum Gasteiger partial charge on any atom is 0.0782 e. The lowest BCUT2D eigenvalue weighted by molar-refractivity contribution is 0.199. The molecule has 0 amide bonds. The van der Waals surface area contributed by atoms with Crippen molar-refractivity contribution in [3.05, 3.63) is 72.6 Å². The summed E-state index contributed by atoms with van der Waals surface area (Å²) in [5.41, 5.74) is 3.97. The molecule has 0 spiro atoms. The van der Waals surface area contributed by atoms with Gasteiger partial charge in [0.05, 0.1) is 18.0 Å². The molecule has 0 bridgehead atoms. The van der Waals surface area contributed by atoms with Crippen molar-refractivity contribution in [1.82, 2.24) is 9.78 Å². The average Bonchev–Trinajstić information content (AvgIpc) is 2.98. The molecule has 0 fully saturated rings. The molecular formula is C17H16N2O. The van der Waals surface area contributed by atoms with Crippen LogP contribution in [0, 0.1) is 0 Å². The van der Waals surface area contributed by atoms with Crippen LogP contribution in [0.1, 0.15) is 18.6 Å². The number of para-hydroxylation sites is 1. The topological polar surface area (TPSA) is 38.0 Å². The van der Waals surface area contributed by atoms with Crippen LogP contribution in [-0.4, -0.2) is 14.9 Å². The third-order valence-corrected chi connectivity index (χ3v) is 3.32. The van der Waals surface area contributed by atoms with Crippen LogP contribution < -0.4 is 0 Å². The summed E-state index contributed by atoms with van der Waals surface area (Å²) in [6.45, 7) is 1.76. The Morgan fingerprint density at radius 3 is 2.40 bits per heavy atom. The third kappa shape index (κ3) is 2.36. The normalized spacial score (nSPS) is 12.3. The Bertz CT molecular complexity index is 702. The molecule has 20 heavy (non-hydrogen) atoms. The third-order valence-electron chi connectivity index (χ3n) is 3.32. The van der Waals surface area contributed by atoms with E-state index in [1.54, 1.807) is 6.92 Å². The summed E-state index contributed by atoms with van der Waals surface area (Å²) in [6.07, 6.45) is 3.31. The van der Waals surface area contributed by atoms with Crippen molar-refractivity contribution in [3.8, 4) is 16.8 Å².